The van der Waals surface area contributed by atoms with Gasteiger partial charge in [-0.3, -0.25) is 4.79 Å². The van der Waals surface area contributed by atoms with Crippen LogP contribution in [0.4, 0.5) is 13.2 Å². The second-order valence-corrected chi connectivity index (χ2v) is 13.8. The first-order valence-corrected chi connectivity index (χ1v) is 15.3. The van der Waals surface area contributed by atoms with Gasteiger partial charge in [-0.25, -0.2) is 0 Å². The Kier molecular flexibility index (Phi) is 8.03. The van der Waals surface area contributed by atoms with E-state index in [0.717, 1.165) is 55.9 Å². The maximum atomic E-state index is 13.5. The SMILES string of the molecule is Cc1ccc(C)c(Sc2c(CC(C)(C)C(=O)O)n(C(c3ccc(C(F)(F)F)cc3)C3CC3)c3ccc(C(C)C)cc23)c1. The van der Waals surface area contributed by atoms with Crippen molar-refractivity contribution in [1.29, 1.82) is 0 Å². The number of hydrogen-bond donors (Lipinski definition) is 1. The van der Waals surface area contributed by atoms with Crippen LogP contribution in [-0.2, 0) is 17.4 Å². The minimum absolute atomic E-state index is 0.202. The van der Waals surface area contributed by atoms with E-state index in [1.54, 1.807) is 37.7 Å². The molecule has 3 aromatic carbocycles. The lowest BCUT2D eigenvalue weighted by molar-refractivity contribution is -0.147. The number of carbonyl (C=O) groups is 1. The summed E-state index contributed by atoms with van der Waals surface area (Å²) in [6.07, 6.45) is -2.19. The van der Waals surface area contributed by atoms with E-state index in [9.17, 15) is 23.1 Å². The fourth-order valence-corrected chi connectivity index (χ4v) is 6.90. The van der Waals surface area contributed by atoms with E-state index in [-0.39, 0.29) is 18.4 Å². The number of aryl methyl sites for hydroxylation is 2. The molecule has 7 heteroatoms. The molecular weight excluding hydrogens is 555 g/mol. The Morgan fingerprint density at radius 3 is 2.19 bits per heavy atom. The van der Waals surface area contributed by atoms with Crippen LogP contribution < -0.4 is 0 Å². The molecule has 0 aliphatic heterocycles. The van der Waals surface area contributed by atoms with Crippen LogP contribution >= 0.6 is 11.8 Å². The van der Waals surface area contributed by atoms with Gasteiger partial charge in [0.1, 0.15) is 0 Å². The highest BCUT2D eigenvalue weighted by Gasteiger charge is 2.39. The quantitative estimate of drug-likeness (QED) is 0.210. The van der Waals surface area contributed by atoms with Crippen molar-refractivity contribution in [1.82, 2.24) is 4.57 Å². The van der Waals surface area contributed by atoms with Crippen molar-refractivity contribution in [2.24, 2.45) is 11.3 Å². The maximum absolute atomic E-state index is 13.5. The molecule has 1 unspecified atom stereocenters. The highest BCUT2D eigenvalue weighted by Crippen LogP contribution is 2.50. The number of fused-ring (bicyclic) bond motifs is 1. The molecule has 1 atom stereocenters. The van der Waals surface area contributed by atoms with E-state index in [1.807, 2.05) is 0 Å². The monoisotopic (exact) mass is 593 g/mol. The number of benzene rings is 3. The molecule has 1 aliphatic carbocycles. The van der Waals surface area contributed by atoms with Crippen molar-refractivity contribution in [3.05, 3.63) is 94.2 Å². The third-order valence-corrected chi connectivity index (χ3v) is 9.73. The molecule has 42 heavy (non-hydrogen) atoms. The van der Waals surface area contributed by atoms with Gasteiger partial charge in [-0.05, 0) is 105 Å². The number of alkyl halides is 3. The third-order valence-electron chi connectivity index (χ3n) is 8.41. The standard InChI is InChI=1S/C35H38F3NO2S/c1-20(2)25-13-16-28-27(18-25)32(42-30-17-21(3)7-8-22(30)4)29(19-34(5,6)33(40)41)39(28)31(23-9-10-23)24-11-14-26(15-12-24)35(36,37)38/h7-8,11-18,20,23,31H,9-10,19H2,1-6H3,(H,40,41). The molecule has 1 fully saturated rings. The first-order chi connectivity index (χ1) is 19.7. The van der Waals surface area contributed by atoms with Crippen LogP contribution in [0.25, 0.3) is 10.9 Å². The highest BCUT2D eigenvalue weighted by atomic mass is 32.2. The number of halogens is 3. The number of carboxylic acids is 1. The average Bonchev–Trinajstić information content (AvgIpc) is 3.71. The number of rotatable bonds is 9. The molecule has 0 amide bonds. The van der Waals surface area contributed by atoms with Crippen LogP contribution in [0.5, 0.6) is 0 Å². The lowest BCUT2D eigenvalue weighted by Gasteiger charge is -2.27. The summed E-state index contributed by atoms with van der Waals surface area (Å²) in [5.74, 6) is -0.334. The normalized spacial score (nSPS) is 15.0. The largest absolute Gasteiger partial charge is 0.481 e. The first kappa shape index (κ1) is 30.3. The van der Waals surface area contributed by atoms with Gasteiger partial charge in [0.25, 0.3) is 0 Å². The maximum Gasteiger partial charge on any atom is 0.416 e. The van der Waals surface area contributed by atoms with Gasteiger partial charge in [0.2, 0.25) is 0 Å². The Morgan fingerprint density at radius 2 is 1.62 bits per heavy atom. The highest BCUT2D eigenvalue weighted by molar-refractivity contribution is 7.99. The zero-order valence-electron chi connectivity index (χ0n) is 25.0. The van der Waals surface area contributed by atoms with Gasteiger partial charge in [0.05, 0.1) is 17.0 Å². The van der Waals surface area contributed by atoms with Crippen molar-refractivity contribution < 1.29 is 23.1 Å². The van der Waals surface area contributed by atoms with Crippen LogP contribution in [0.15, 0.2) is 70.5 Å². The molecule has 0 saturated heterocycles. The zero-order chi connectivity index (χ0) is 30.6. The van der Waals surface area contributed by atoms with Gasteiger partial charge in [-0.1, -0.05) is 55.9 Å². The van der Waals surface area contributed by atoms with Gasteiger partial charge in [-0.15, -0.1) is 0 Å². The topological polar surface area (TPSA) is 42.2 Å². The molecule has 4 aromatic rings. The lowest BCUT2D eigenvalue weighted by atomic mass is 9.87. The molecule has 1 N–H and O–H groups in total. The minimum Gasteiger partial charge on any atom is -0.481 e. The predicted octanol–water partition coefficient (Wildman–Crippen LogP) is 10.2. The second kappa shape index (κ2) is 11.1. The van der Waals surface area contributed by atoms with E-state index < -0.39 is 23.1 Å². The van der Waals surface area contributed by atoms with E-state index in [0.29, 0.717) is 5.92 Å². The Labute approximate surface area is 250 Å². The molecular formula is C35H38F3NO2S. The molecule has 1 aromatic heterocycles. The summed E-state index contributed by atoms with van der Waals surface area (Å²) in [4.78, 5) is 14.6. The number of carboxylic acid groups (broad SMARTS) is 1. The molecule has 1 saturated carbocycles. The van der Waals surface area contributed by atoms with E-state index in [4.69, 9.17) is 0 Å². The Balaban J connectivity index is 1.81. The predicted molar refractivity (Wildman–Crippen MR) is 163 cm³/mol. The molecule has 0 spiro atoms. The Morgan fingerprint density at radius 1 is 0.976 bits per heavy atom. The minimum atomic E-state index is -4.41. The fourth-order valence-electron chi connectivity index (χ4n) is 5.65. The van der Waals surface area contributed by atoms with E-state index in [1.165, 1.54) is 17.7 Å². The molecule has 0 radical (unpaired) electrons. The number of aromatic nitrogens is 1. The summed E-state index contributed by atoms with van der Waals surface area (Å²) in [6.45, 7) is 11.9. The average molecular weight is 594 g/mol. The molecule has 3 nitrogen and oxygen atoms in total. The number of aliphatic carboxylic acids is 1. The Hall–Kier alpha value is -3.19. The summed E-state index contributed by atoms with van der Waals surface area (Å²) in [7, 11) is 0. The molecule has 1 aliphatic rings. The number of nitrogens with zero attached hydrogens (tertiary/aromatic N) is 1. The zero-order valence-corrected chi connectivity index (χ0v) is 25.8. The summed E-state index contributed by atoms with van der Waals surface area (Å²) in [5.41, 5.74) is 4.45. The third kappa shape index (κ3) is 5.98. The van der Waals surface area contributed by atoms with Gasteiger partial charge in [-0.2, -0.15) is 13.2 Å². The van der Waals surface area contributed by atoms with Crippen molar-refractivity contribution in [3.63, 3.8) is 0 Å². The van der Waals surface area contributed by atoms with Crippen LogP contribution in [0.1, 0.15) is 86.0 Å². The molecule has 222 valence electrons. The van der Waals surface area contributed by atoms with Crippen LogP contribution in [0.3, 0.4) is 0 Å². The van der Waals surface area contributed by atoms with Crippen molar-refractivity contribution in [2.45, 2.75) is 88.7 Å². The van der Waals surface area contributed by atoms with Crippen molar-refractivity contribution in [2.75, 3.05) is 0 Å². The molecule has 1 heterocycles. The van der Waals surface area contributed by atoms with Crippen LogP contribution in [0, 0.1) is 25.2 Å². The summed E-state index contributed by atoms with van der Waals surface area (Å²) < 4.78 is 42.6. The van der Waals surface area contributed by atoms with Crippen molar-refractivity contribution in [3.8, 4) is 0 Å². The first-order valence-electron chi connectivity index (χ1n) is 14.5. The van der Waals surface area contributed by atoms with Crippen LogP contribution in [0.2, 0.25) is 0 Å². The van der Waals surface area contributed by atoms with Gasteiger partial charge in [0.15, 0.2) is 0 Å². The van der Waals surface area contributed by atoms with Crippen molar-refractivity contribution >= 4 is 28.6 Å². The van der Waals surface area contributed by atoms with Gasteiger partial charge < -0.3 is 9.67 Å². The summed E-state index contributed by atoms with van der Waals surface area (Å²) >= 11 is 1.67. The Bertz CT molecular complexity index is 1630. The lowest BCUT2D eigenvalue weighted by Crippen LogP contribution is -2.28. The van der Waals surface area contributed by atoms with E-state index >= 15 is 0 Å². The van der Waals surface area contributed by atoms with Gasteiger partial charge in [0, 0.05) is 32.8 Å². The smallest absolute Gasteiger partial charge is 0.416 e. The molecule has 0 bridgehead atoms. The molecule has 5 rings (SSSR count). The fraction of sp³-hybridized carbons (Fsp3) is 0.400. The summed E-state index contributed by atoms with van der Waals surface area (Å²) in [6, 6.07) is 18.1. The van der Waals surface area contributed by atoms with E-state index in [2.05, 4.69) is 68.7 Å². The number of hydrogen-bond acceptors (Lipinski definition) is 2. The van der Waals surface area contributed by atoms with Gasteiger partial charge >= 0.3 is 12.1 Å². The van der Waals surface area contributed by atoms with Crippen LogP contribution in [-0.4, -0.2) is 15.6 Å². The summed E-state index contributed by atoms with van der Waals surface area (Å²) in [5, 5.41) is 11.3. The second-order valence-electron chi connectivity index (χ2n) is 12.7.